The van der Waals surface area contributed by atoms with Crippen LogP contribution in [0.15, 0.2) is 48.5 Å². The molecular weight excluding hydrogens is 240 g/mol. The molecular formula is C20H26. The summed E-state index contributed by atoms with van der Waals surface area (Å²) in [5.74, 6) is 0.713. The maximum Gasteiger partial charge on any atom is -0.0132 e. The Balaban J connectivity index is 2.28. The molecule has 0 amide bonds. The third kappa shape index (κ3) is 3.72. The SMILES string of the molecule is CC(C)Cc1ccc(-c2cccc(C(C)(C)C)c2)cc1. The van der Waals surface area contributed by atoms with Crippen molar-refractivity contribution >= 4 is 0 Å². The fraction of sp³-hybridized carbons (Fsp3) is 0.400. The third-order valence-electron chi connectivity index (χ3n) is 3.66. The maximum atomic E-state index is 2.32. The van der Waals surface area contributed by atoms with Crippen LogP contribution in [0.2, 0.25) is 0 Å². The zero-order valence-electron chi connectivity index (χ0n) is 13.4. The van der Waals surface area contributed by atoms with Gasteiger partial charge in [-0.3, -0.25) is 0 Å². The van der Waals surface area contributed by atoms with Crippen LogP contribution in [-0.4, -0.2) is 0 Å². The molecule has 106 valence electrons. The van der Waals surface area contributed by atoms with Gasteiger partial charge in [-0.15, -0.1) is 0 Å². The van der Waals surface area contributed by atoms with Gasteiger partial charge in [-0.2, -0.15) is 0 Å². The van der Waals surface area contributed by atoms with E-state index in [4.69, 9.17) is 0 Å². The molecule has 0 aliphatic rings. The minimum atomic E-state index is 0.202. The average molecular weight is 266 g/mol. The summed E-state index contributed by atoms with van der Waals surface area (Å²) in [6.07, 6.45) is 1.16. The van der Waals surface area contributed by atoms with E-state index < -0.39 is 0 Å². The molecule has 0 saturated heterocycles. The van der Waals surface area contributed by atoms with Crippen LogP contribution in [0.4, 0.5) is 0 Å². The molecule has 0 fully saturated rings. The van der Waals surface area contributed by atoms with Crippen molar-refractivity contribution in [3.63, 3.8) is 0 Å². The number of hydrogen-bond acceptors (Lipinski definition) is 0. The van der Waals surface area contributed by atoms with Crippen LogP contribution in [0, 0.1) is 5.92 Å². The van der Waals surface area contributed by atoms with E-state index in [0.717, 1.165) is 6.42 Å². The molecule has 2 rings (SSSR count). The first-order valence-corrected chi connectivity index (χ1v) is 7.56. The highest BCUT2D eigenvalue weighted by molar-refractivity contribution is 5.64. The smallest absolute Gasteiger partial charge is 0.0132 e. The van der Waals surface area contributed by atoms with E-state index in [-0.39, 0.29) is 5.41 Å². The second-order valence-corrected chi connectivity index (χ2v) is 7.13. The molecule has 0 aromatic heterocycles. The van der Waals surface area contributed by atoms with Gasteiger partial charge >= 0.3 is 0 Å². The molecule has 0 heteroatoms. The van der Waals surface area contributed by atoms with Crippen molar-refractivity contribution in [2.24, 2.45) is 5.92 Å². The topological polar surface area (TPSA) is 0 Å². The van der Waals surface area contributed by atoms with Gasteiger partial charge in [0.25, 0.3) is 0 Å². The van der Waals surface area contributed by atoms with E-state index in [9.17, 15) is 0 Å². The van der Waals surface area contributed by atoms with Crippen LogP contribution in [0.1, 0.15) is 45.7 Å². The van der Waals surface area contributed by atoms with Crippen molar-refractivity contribution in [2.75, 3.05) is 0 Å². The van der Waals surface area contributed by atoms with E-state index in [2.05, 4.69) is 83.1 Å². The van der Waals surface area contributed by atoms with Gasteiger partial charge in [0.15, 0.2) is 0 Å². The summed E-state index contributed by atoms with van der Waals surface area (Å²) in [7, 11) is 0. The Morgan fingerprint density at radius 3 is 2.05 bits per heavy atom. The third-order valence-corrected chi connectivity index (χ3v) is 3.66. The molecule has 0 aliphatic carbocycles. The van der Waals surface area contributed by atoms with E-state index in [1.165, 1.54) is 22.3 Å². The molecule has 0 saturated carbocycles. The maximum absolute atomic E-state index is 2.32. The molecule has 0 N–H and O–H groups in total. The molecule has 0 unspecified atom stereocenters. The zero-order valence-corrected chi connectivity index (χ0v) is 13.4. The number of benzene rings is 2. The summed E-state index contributed by atoms with van der Waals surface area (Å²) in [5, 5.41) is 0. The number of hydrogen-bond donors (Lipinski definition) is 0. The van der Waals surface area contributed by atoms with Crippen molar-refractivity contribution in [3.05, 3.63) is 59.7 Å². The normalized spacial score (nSPS) is 11.9. The standard InChI is InChI=1S/C20H26/c1-15(2)13-16-9-11-17(12-10-16)18-7-6-8-19(14-18)20(3,4)5/h6-12,14-15H,13H2,1-5H3. The Bertz CT molecular complexity index is 553. The van der Waals surface area contributed by atoms with Crippen molar-refractivity contribution in [2.45, 2.75) is 46.5 Å². The molecule has 0 bridgehead atoms. The Kier molecular flexibility index (Phi) is 4.32. The Morgan fingerprint density at radius 1 is 0.850 bits per heavy atom. The van der Waals surface area contributed by atoms with Gasteiger partial charge in [-0.1, -0.05) is 83.1 Å². The lowest BCUT2D eigenvalue weighted by molar-refractivity contribution is 0.590. The van der Waals surface area contributed by atoms with Crippen LogP contribution < -0.4 is 0 Å². The van der Waals surface area contributed by atoms with E-state index >= 15 is 0 Å². The summed E-state index contributed by atoms with van der Waals surface area (Å²) < 4.78 is 0. The van der Waals surface area contributed by atoms with Crippen LogP contribution >= 0.6 is 0 Å². The molecule has 0 atom stereocenters. The monoisotopic (exact) mass is 266 g/mol. The van der Waals surface area contributed by atoms with E-state index in [1.54, 1.807) is 0 Å². The molecule has 0 radical (unpaired) electrons. The number of rotatable bonds is 3. The molecule has 0 heterocycles. The predicted molar refractivity (Wildman–Crippen MR) is 89.1 cm³/mol. The molecule has 2 aromatic carbocycles. The summed E-state index contributed by atoms with van der Waals surface area (Å²) >= 11 is 0. The highest BCUT2D eigenvalue weighted by Crippen LogP contribution is 2.27. The van der Waals surface area contributed by atoms with Gasteiger partial charge in [-0.25, -0.2) is 0 Å². The van der Waals surface area contributed by atoms with Crippen molar-refractivity contribution in [1.29, 1.82) is 0 Å². The van der Waals surface area contributed by atoms with Gasteiger partial charge in [0.1, 0.15) is 0 Å². The molecule has 0 aliphatic heterocycles. The first-order chi connectivity index (χ1) is 9.36. The van der Waals surface area contributed by atoms with Gasteiger partial charge in [0.2, 0.25) is 0 Å². The van der Waals surface area contributed by atoms with Crippen LogP contribution in [0.3, 0.4) is 0 Å². The highest BCUT2D eigenvalue weighted by atomic mass is 14.2. The fourth-order valence-electron chi connectivity index (χ4n) is 2.47. The van der Waals surface area contributed by atoms with E-state index in [1.807, 2.05) is 0 Å². The predicted octanol–water partition coefficient (Wildman–Crippen LogP) is 5.85. The largest absolute Gasteiger partial charge is 0.0625 e. The minimum Gasteiger partial charge on any atom is -0.0625 e. The second-order valence-electron chi connectivity index (χ2n) is 7.13. The minimum absolute atomic E-state index is 0.202. The van der Waals surface area contributed by atoms with Crippen molar-refractivity contribution in [1.82, 2.24) is 0 Å². The summed E-state index contributed by atoms with van der Waals surface area (Å²) in [4.78, 5) is 0. The van der Waals surface area contributed by atoms with Crippen LogP contribution in [0.5, 0.6) is 0 Å². The quantitative estimate of drug-likeness (QED) is 0.653. The summed E-state index contributed by atoms with van der Waals surface area (Å²) in [6.45, 7) is 11.3. The Labute approximate surface area is 123 Å². The van der Waals surface area contributed by atoms with Crippen LogP contribution in [0.25, 0.3) is 11.1 Å². The van der Waals surface area contributed by atoms with Gasteiger partial charge < -0.3 is 0 Å². The summed E-state index contributed by atoms with van der Waals surface area (Å²) in [5.41, 5.74) is 5.64. The van der Waals surface area contributed by atoms with Crippen molar-refractivity contribution < 1.29 is 0 Å². The zero-order chi connectivity index (χ0) is 14.8. The fourth-order valence-corrected chi connectivity index (χ4v) is 2.47. The van der Waals surface area contributed by atoms with Crippen LogP contribution in [-0.2, 0) is 11.8 Å². The lowest BCUT2D eigenvalue weighted by atomic mass is 9.85. The van der Waals surface area contributed by atoms with E-state index in [0.29, 0.717) is 5.92 Å². The molecule has 20 heavy (non-hydrogen) atoms. The Hall–Kier alpha value is -1.56. The highest BCUT2D eigenvalue weighted by Gasteiger charge is 2.13. The first-order valence-electron chi connectivity index (χ1n) is 7.56. The average Bonchev–Trinajstić information content (AvgIpc) is 2.38. The Morgan fingerprint density at radius 2 is 1.50 bits per heavy atom. The lowest BCUT2D eigenvalue weighted by Gasteiger charge is -2.20. The lowest BCUT2D eigenvalue weighted by Crippen LogP contribution is -2.10. The van der Waals surface area contributed by atoms with Gasteiger partial charge in [0.05, 0.1) is 0 Å². The summed E-state index contributed by atoms with van der Waals surface area (Å²) in [6, 6.07) is 17.9. The molecule has 0 spiro atoms. The van der Waals surface area contributed by atoms with Gasteiger partial charge in [-0.05, 0) is 40.0 Å². The van der Waals surface area contributed by atoms with Crippen molar-refractivity contribution in [3.8, 4) is 11.1 Å². The first kappa shape index (κ1) is 14.8. The molecule has 2 aromatic rings. The second kappa shape index (κ2) is 5.83. The van der Waals surface area contributed by atoms with Gasteiger partial charge in [0, 0.05) is 0 Å². The molecule has 0 nitrogen and oxygen atoms in total.